The van der Waals surface area contributed by atoms with Crippen molar-refractivity contribution in [2.45, 2.75) is 58.6 Å². The fourth-order valence-electron chi connectivity index (χ4n) is 2.84. The van der Waals surface area contributed by atoms with Gasteiger partial charge >= 0.3 is 0 Å². The first-order valence-electron chi connectivity index (χ1n) is 7.63. The second-order valence-corrected chi connectivity index (χ2v) is 5.67. The maximum Gasteiger partial charge on any atom is 0.0576 e. The third kappa shape index (κ3) is 4.05. The van der Waals surface area contributed by atoms with Gasteiger partial charge in [-0.2, -0.15) is 0 Å². The maximum atomic E-state index is 5.73. The van der Waals surface area contributed by atoms with Crippen molar-refractivity contribution in [1.29, 1.82) is 0 Å². The number of ether oxygens (including phenoxy) is 1. The van der Waals surface area contributed by atoms with Crippen molar-refractivity contribution in [3.8, 4) is 0 Å². The van der Waals surface area contributed by atoms with Crippen LogP contribution in [0.2, 0.25) is 0 Å². The lowest BCUT2D eigenvalue weighted by Crippen LogP contribution is -2.22. The van der Waals surface area contributed by atoms with Crippen molar-refractivity contribution in [3.63, 3.8) is 0 Å². The van der Waals surface area contributed by atoms with Crippen molar-refractivity contribution in [2.24, 2.45) is 0 Å². The van der Waals surface area contributed by atoms with Gasteiger partial charge in [-0.3, -0.25) is 0 Å². The van der Waals surface area contributed by atoms with Gasteiger partial charge < -0.3 is 10.1 Å². The summed E-state index contributed by atoms with van der Waals surface area (Å²) in [4.78, 5) is 0. The first-order valence-corrected chi connectivity index (χ1v) is 7.63. The van der Waals surface area contributed by atoms with Crippen LogP contribution in [0.3, 0.4) is 0 Å². The first kappa shape index (κ1) is 14.5. The molecule has 0 spiro atoms. The van der Waals surface area contributed by atoms with Gasteiger partial charge in [-0.15, -0.1) is 0 Å². The SMILES string of the molecule is CCNC(CCC1CCCO1)c1ccc(C)c(C)c1. The summed E-state index contributed by atoms with van der Waals surface area (Å²) in [6.45, 7) is 8.53. The Morgan fingerprint density at radius 3 is 2.79 bits per heavy atom. The molecular formula is C17H27NO. The Morgan fingerprint density at radius 1 is 1.32 bits per heavy atom. The van der Waals surface area contributed by atoms with Gasteiger partial charge in [-0.25, -0.2) is 0 Å². The molecule has 19 heavy (non-hydrogen) atoms. The van der Waals surface area contributed by atoms with Crippen LogP contribution in [-0.4, -0.2) is 19.3 Å². The Hall–Kier alpha value is -0.860. The summed E-state index contributed by atoms with van der Waals surface area (Å²) >= 11 is 0. The summed E-state index contributed by atoms with van der Waals surface area (Å²) in [5.74, 6) is 0. The quantitative estimate of drug-likeness (QED) is 0.838. The van der Waals surface area contributed by atoms with E-state index in [2.05, 4.69) is 44.3 Å². The van der Waals surface area contributed by atoms with Crippen LogP contribution in [0, 0.1) is 13.8 Å². The number of rotatable bonds is 6. The molecule has 0 amide bonds. The van der Waals surface area contributed by atoms with Gasteiger partial charge in [0.05, 0.1) is 6.10 Å². The molecule has 1 N–H and O–H groups in total. The van der Waals surface area contributed by atoms with E-state index in [1.165, 1.54) is 42.4 Å². The molecule has 2 atom stereocenters. The molecule has 1 aliphatic rings. The van der Waals surface area contributed by atoms with Gasteiger partial charge in [0, 0.05) is 12.6 Å². The number of nitrogens with one attached hydrogen (secondary N) is 1. The Labute approximate surface area is 117 Å². The van der Waals surface area contributed by atoms with Gasteiger partial charge in [0.15, 0.2) is 0 Å². The molecule has 1 fully saturated rings. The highest BCUT2D eigenvalue weighted by atomic mass is 16.5. The van der Waals surface area contributed by atoms with E-state index in [9.17, 15) is 0 Å². The zero-order valence-corrected chi connectivity index (χ0v) is 12.5. The molecule has 1 aliphatic heterocycles. The summed E-state index contributed by atoms with van der Waals surface area (Å²) in [5, 5.41) is 3.61. The number of hydrogen-bond donors (Lipinski definition) is 1. The fourth-order valence-corrected chi connectivity index (χ4v) is 2.84. The summed E-state index contributed by atoms with van der Waals surface area (Å²) < 4.78 is 5.73. The molecule has 0 saturated carbocycles. The highest BCUT2D eigenvalue weighted by molar-refractivity contribution is 5.31. The molecule has 1 saturated heterocycles. The van der Waals surface area contributed by atoms with Crippen LogP contribution in [-0.2, 0) is 4.74 Å². The van der Waals surface area contributed by atoms with E-state index in [1.54, 1.807) is 0 Å². The predicted octanol–water partition coefficient (Wildman–Crippen LogP) is 3.91. The molecule has 2 rings (SSSR count). The monoisotopic (exact) mass is 261 g/mol. The highest BCUT2D eigenvalue weighted by Gasteiger charge is 2.18. The van der Waals surface area contributed by atoms with E-state index in [1.807, 2.05) is 0 Å². The number of benzene rings is 1. The van der Waals surface area contributed by atoms with Crippen molar-refractivity contribution in [2.75, 3.05) is 13.2 Å². The van der Waals surface area contributed by atoms with Crippen LogP contribution >= 0.6 is 0 Å². The molecule has 2 heteroatoms. The third-order valence-corrected chi connectivity index (χ3v) is 4.19. The molecule has 1 aromatic carbocycles. The van der Waals surface area contributed by atoms with Gasteiger partial charge in [-0.1, -0.05) is 25.1 Å². The van der Waals surface area contributed by atoms with E-state index in [-0.39, 0.29) is 0 Å². The lowest BCUT2D eigenvalue weighted by atomic mass is 9.96. The van der Waals surface area contributed by atoms with E-state index in [4.69, 9.17) is 4.74 Å². The molecule has 1 aromatic rings. The van der Waals surface area contributed by atoms with Crippen LogP contribution in [0.15, 0.2) is 18.2 Å². The third-order valence-electron chi connectivity index (χ3n) is 4.19. The highest BCUT2D eigenvalue weighted by Crippen LogP contribution is 2.25. The zero-order valence-electron chi connectivity index (χ0n) is 12.5. The maximum absolute atomic E-state index is 5.73. The molecule has 0 aliphatic carbocycles. The average Bonchev–Trinajstić information content (AvgIpc) is 2.91. The van der Waals surface area contributed by atoms with Crippen LogP contribution in [0.25, 0.3) is 0 Å². The molecule has 2 unspecified atom stereocenters. The first-order chi connectivity index (χ1) is 9.20. The minimum Gasteiger partial charge on any atom is -0.378 e. The van der Waals surface area contributed by atoms with Gasteiger partial charge in [0.1, 0.15) is 0 Å². The second-order valence-electron chi connectivity index (χ2n) is 5.67. The minimum atomic E-state index is 0.466. The summed E-state index contributed by atoms with van der Waals surface area (Å²) in [7, 11) is 0. The van der Waals surface area contributed by atoms with Gasteiger partial charge in [0.2, 0.25) is 0 Å². The number of aryl methyl sites for hydroxylation is 2. The Morgan fingerprint density at radius 2 is 2.16 bits per heavy atom. The normalized spacial score (nSPS) is 20.7. The van der Waals surface area contributed by atoms with E-state index >= 15 is 0 Å². The molecule has 0 radical (unpaired) electrons. The largest absolute Gasteiger partial charge is 0.378 e. The Balaban J connectivity index is 1.99. The molecular weight excluding hydrogens is 234 g/mol. The Kier molecular flexibility index (Phi) is 5.41. The van der Waals surface area contributed by atoms with Crippen molar-refractivity contribution < 1.29 is 4.74 Å². The average molecular weight is 261 g/mol. The molecule has 1 heterocycles. The smallest absolute Gasteiger partial charge is 0.0576 e. The molecule has 106 valence electrons. The van der Waals surface area contributed by atoms with Gasteiger partial charge in [0.25, 0.3) is 0 Å². The van der Waals surface area contributed by atoms with Gasteiger partial charge in [-0.05, 0) is 62.8 Å². The lowest BCUT2D eigenvalue weighted by Gasteiger charge is -2.21. The minimum absolute atomic E-state index is 0.466. The second kappa shape index (κ2) is 7.06. The van der Waals surface area contributed by atoms with Crippen molar-refractivity contribution in [1.82, 2.24) is 5.32 Å². The molecule has 2 nitrogen and oxygen atoms in total. The standard InChI is InChI=1S/C17H27NO/c1-4-18-17(10-9-16-6-5-11-19-16)15-8-7-13(2)14(3)12-15/h7-8,12,16-18H,4-6,9-11H2,1-3H3. The summed E-state index contributed by atoms with van der Waals surface area (Å²) in [5.41, 5.74) is 4.18. The van der Waals surface area contributed by atoms with E-state index in [0.29, 0.717) is 12.1 Å². The fraction of sp³-hybridized carbons (Fsp3) is 0.647. The topological polar surface area (TPSA) is 21.3 Å². The van der Waals surface area contributed by atoms with Crippen LogP contribution in [0.5, 0.6) is 0 Å². The molecule has 0 aromatic heterocycles. The van der Waals surface area contributed by atoms with Crippen LogP contribution < -0.4 is 5.32 Å². The predicted molar refractivity (Wildman–Crippen MR) is 80.5 cm³/mol. The number of hydrogen-bond acceptors (Lipinski definition) is 2. The zero-order chi connectivity index (χ0) is 13.7. The molecule has 0 bridgehead atoms. The lowest BCUT2D eigenvalue weighted by molar-refractivity contribution is 0.0996. The van der Waals surface area contributed by atoms with Crippen LogP contribution in [0.4, 0.5) is 0 Å². The summed E-state index contributed by atoms with van der Waals surface area (Å²) in [6.07, 6.45) is 5.31. The van der Waals surface area contributed by atoms with Crippen molar-refractivity contribution >= 4 is 0 Å². The van der Waals surface area contributed by atoms with E-state index < -0.39 is 0 Å². The van der Waals surface area contributed by atoms with Crippen molar-refractivity contribution in [3.05, 3.63) is 34.9 Å². The summed E-state index contributed by atoms with van der Waals surface area (Å²) in [6, 6.07) is 7.30. The van der Waals surface area contributed by atoms with E-state index in [0.717, 1.165) is 13.2 Å². The Bertz CT molecular complexity index is 396. The van der Waals surface area contributed by atoms with Crippen LogP contribution in [0.1, 0.15) is 55.3 Å².